The Hall–Kier alpha value is -3.49. The molecule has 154 valence electrons. The van der Waals surface area contributed by atoms with E-state index in [-0.39, 0.29) is 12.1 Å². The van der Waals surface area contributed by atoms with E-state index in [1.54, 1.807) is 18.6 Å². The molecule has 4 heterocycles. The highest BCUT2D eigenvalue weighted by molar-refractivity contribution is 5.66. The van der Waals surface area contributed by atoms with Crippen molar-refractivity contribution in [3.63, 3.8) is 0 Å². The van der Waals surface area contributed by atoms with Crippen molar-refractivity contribution >= 4 is 11.8 Å². The van der Waals surface area contributed by atoms with E-state index in [9.17, 15) is 4.79 Å². The summed E-state index contributed by atoms with van der Waals surface area (Å²) in [7, 11) is 0. The molecule has 1 spiro atoms. The van der Waals surface area contributed by atoms with Crippen LogP contribution in [0.1, 0.15) is 24.8 Å². The maximum Gasteiger partial charge on any atom is 0.325 e. The van der Waals surface area contributed by atoms with Gasteiger partial charge < -0.3 is 14.7 Å². The highest BCUT2D eigenvalue weighted by atomic mass is 16.5. The molecule has 0 bridgehead atoms. The van der Waals surface area contributed by atoms with Crippen molar-refractivity contribution < 1.29 is 14.6 Å². The number of nitrogens with zero attached hydrogens (tertiary/aromatic N) is 6. The standard InChI is InChI=1S/C21H22N6O3/c28-20(29)14-27-13-17(24-25-27)16-11-23-19(12-22-16)26-9-7-21(8-10-26)6-5-15-3-1-2-4-18(15)30-21/h1-4,11-13H,5-10,14H2,(H,28,29). The molecule has 9 heteroatoms. The number of ether oxygens (including phenoxy) is 1. The molecule has 5 rings (SSSR count). The molecular formula is C21H22N6O3. The molecule has 2 aromatic heterocycles. The second-order valence-corrected chi connectivity index (χ2v) is 7.83. The van der Waals surface area contributed by atoms with Crippen molar-refractivity contribution in [3.05, 3.63) is 48.4 Å². The maximum absolute atomic E-state index is 10.8. The van der Waals surface area contributed by atoms with Crippen LogP contribution in [0, 0.1) is 0 Å². The Bertz CT molecular complexity index is 1060. The van der Waals surface area contributed by atoms with E-state index in [1.807, 2.05) is 6.07 Å². The molecule has 0 saturated carbocycles. The van der Waals surface area contributed by atoms with Crippen LogP contribution in [0.2, 0.25) is 0 Å². The Kier molecular flexibility index (Phi) is 4.57. The second kappa shape index (κ2) is 7.40. The summed E-state index contributed by atoms with van der Waals surface area (Å²) in [5.74, 6) is 0.876. The Labute approximate surface area is 173 Å². The number of anilines is 1. The second-order valence-electron chi connectivity index (χ2n) is 7.83. The number of hydrogen-bond donors (Lipinski definition) is 1. The van der Waals surface area contributed by atoms with Crippen molar-refractivity contribution in [1.82, 2.24) is 25.0 Å². The smallest absolute Gasteiger partial charge is 0.325 e. The molecule has 1 saturated heterocycles. The van der Waals surface area contributed by atoms with Crippen molar-refractivity contribution in [3.8, 4) is 17.1 Å². The van der Waals surface area contributed by atoms with Crippen LogP contribution in [0.5, 0.6) is 5.75 Å². The van der Waals surface area contributed by atoms with Gasteiger partial charge >= 0.3 is 5.97 Å². The summed E-state index contributed by atoms with van der Waals surface area (Å²) in [5, 5.41) is 16.6. The zero-order chi connectivity index (χ0) is 20.6. The molecule has 3 aromatic rings. The number of aliphatic carboxylic acids is 1. The lowest BCUT2D eigenvalue weighted by Crippen LogP contribution is -2.50. The van der Waals surface area contributed by atoms with Gasteiger partial charge in [-0.25, -0.2) is 14.6 Å². The number of aromatic nitrogens is 5. The summed E-state index contributed by atoms with van der Waals surface area (Å²) < 4.78 is 7.69. The number of para-hydroxylation sites is 1. The van der Waals surface area contributed by atoms with Gasteiger partial charge in [-0.3, -0.25) is 4.79 Å². The zero-order valence-electron chi connectivity index (χ0n) is 16.4. The summed E-state index contributed by atoms with van der Waals surface area (Å²) in [6.45, 7) is 1.50. The van der Waals surface area contributed by atoms with Gasteiger partial charge in [0.25, 0.3) is 0 Å². The van der Waals surface area contributed by atoms with E-state index in [4.69, 9.17) is 9.84 Å². The van der Waals surface area contributed by atoms with Gasteiger partial charge in [-0.2, -0.15) is 0 Å². The third-order valence-corrected chi connectivity index (χ3v) is 5.88. The van der Waals surface area contributed by atoms with E-state index < -0.39 is 5.97 Å². The molecule has 0 unspecified atom stereocenters. The lowest BCUT2D eigenvalue weighted by atomic mass is 9.83. The molecule has 0 atom stereocenters. The highest BCUT2D eigenvalue weighted by Gasteiger charge is 2.39. The fraction of sp³-hybridized carbons (Fsp3) is 0.381. The van der Waals surface area contributed by atoms with Crippen molar-refractivity contribution in [2.75, 3.05) is 18.0 Å². The number of hydrogen-bond acceptors (Lipinski definition) is 7. The molecule has 30 heavy (non-hydrogen) atoms. The summed E-state index contributed by atoms with van der Waals surface area (Å²) in [5.41, 5.74) is 2.28. The molecule has 1 N–H and O–H groups in total. The fourth-order valence-electron chi connectivity index (χ4n) is 4.20. The minimum Gasteiger partial charge on any atom is -0.487 e. The average molecular weight is 406 g/mol. The first kappa shape index (κ1) is 18.5. The number of piperidine rings is 1. The van der Waals surface area contributed by atoms with Crippen LogP contribution in [-0.4, -0.2) is 54.7 Å². The normalized spacial score (nSPS) is 17.4. The number of benzene rings is 1. The molecule has 9 nitrogen and oxygen atoms in total. The van der Waals surface area contributed by atoms with Crippen LogP contribution in [0.4, 0.5) is 5.82 Å². The van der Waals surface area contributed by atoms with Crippen molar-refractivity contribution in [2.24, 2.45) is 0 Å². The largest absolute Gasteiger partial charge is 0.487 e. The predicted molar refractivity (Wildman–Crippen MR) is 108 cm³/mol. The summed E-state index contributed by atoms with van der Waals surface area (Å²) in [6, 6.07) is 8.32. The summed E-state index contributed by atoms with van der Waals surface area (Å²) in [6.07, 6.45) is 8.97. The highest BCUT2D eigenvalue weighted by Crippen LogP contribution is 2.39. The first-order valence-electron chi connectivity index (χ1n) is 10.1. The van der Waals surface area contributed by atoms with Gasteiger partial charge in [-0.05, 0) is 24.5 Å². The average Bonchev–Trinajstić information content (AvgIpc) is 3.22. The Morgan fingerprint density at radius 1 is 1.10 bits per heavy atom. The topological polar surface area (TPSA) is 106 Å². The van der Waals surface area contributed by atoms with Crippen LogP contribution >= 0.6 is 0 Å². The van der Waals surface area contributed by atoms with Gasteiger partial charge in [0.15, 0.2) is 0 Å². The Balaban J connectivity index is 1.24. The first-order chi connectivity index (χ1) is 14.6. The summed E-state index contributed by atoms with van der Waals surface area (Å²) in [4.78, 5) is 22.0. The number of fused-ring (bicyclic) bond motifs is 1. The molecule has 2 aliphatic heterocycles. The van der Waals surface area contributed by atoms with Crippen molar-refractivity contribution in [1.29, 1.82) is 0 Å². The number of carboxylic acids is 1. The predicted octanol–water partition coefficient (Wildman–Crippen LogP) is 2.18. The fourth-order valence-corrected chi connectivity index (χ4v) is 4.20. The minimum absolute atomic E-state index is 0.0825. The number of carbonyl (C=O) groups is 1. The van der Waals surface area contributed by atoms with Gasteiger partial charge in [0.1, 0.15) is 35.1 Å². The molecular weight excluding hydrogens is 384 g/mol. The minimum atomic E-state index is -0.971. The Morgan fingerprint density at radius 2 is 1.93 bits per heavy atom. The molecule has 0 aliphatic carbocycles. The van der Waals surface area contributed by atoms with E-state index in [0.29, 0.717) is 11.4 Å². The quantitative estimate of drug-likeness (QED) is 0.703. The van der Waals surface area contributed by atoms with Gasteiger partial charge in [0.05, 0.1) is 18.6 Å². The van der Waals surface area contributed by atoms with Gasteiger partial charge in [-0.1, -0.05) is 23.4 Å². The third kappa shape index (κ3) is 3.58. The van der Waals surface area contributed by atoms with Crippen LogP contribution in [0.3, 0.4) is 0 Å². The van der Waals surface area contributed by atoms with Gasteiger partial charge in [-0.15, -0.1) is 5.10 Å². The number of carboxylic acid groups (broad SMARTS) is 1. The van der Waals surface area contributed by atoms with E-state index in [1.165, 1.54) is 10.2 Å². The van der Waals surface area contributed by atoms with Crippen LogP contribution in [-0.2, 0) is 17.8 Å². The number of aryl methyl sites for hydroxylation is 1. The summed E-state index contributed by atoms with van der Waals surface area (Å²) >= 11 is 0. The zero-order valence-corrected chi connectivity index (χ0v) is 16.4. The van der Waals surface area contributed by atoms with E-state index in [0.717, 1.165) is 50.3 Å². The van der Waals surface area contributed by atoms with E-state index in [2.05, 4.69) is 43.4 Å². The molecule has 1 fully saturated rings. The van der Waals surface area contributed by atoms with E-state index >= 15 is 0 Å². The van der Waals surface area contributed by atoms with Crippen LogP contribution in [0.25, 0.3) is 11.4 Å². The molecule has 2 aliphatic rings. The lowest BCUT2D eigenvalue weighted by molar-refractivity contribution is -0.137. The van der Waals surface area contributed by atoms with Gasteiger partial charge in [0, 0.05) is 25.9 Å². The molecule has 1 aromatic carbocycles. The van der Waals surface area contributed by atoms with Crippen LogP contribution < -0.4 is 9.64 Å². The SMILES string of the molecule is O=C(O)Cn1cc(-c2cnc(N3CCC4(CCc5ccccc5O4)CC3)cn2)nn1. The molecule has 0 amide bonds. The molecule has 0 radical (unpaired) electrons. The first-order valence-corrected chi connectivity index (χ1v) is 10.1. The van der Waals surface area contributed by atoms with Gasteiger partial charge in [0.2, 0.25) is 0 Å². The van der Waals surface area contributed by atoms with Crippen LogP contribution in [0.15, 0.2) is 42.9 Å². The third-order valence-electron chi connectivity index (χ3n) is 5.88. The monoisotopic (exact) mass is 406 g/mol. The number of rotatable bonds is 4. The maximum atomic E-state index is 10.8. The Morgan fingerprint density at radius 3 is 2.70 bits per heavy atom. The van der Waals surface area contributed by atoms with Crippen molar-refractivity contribution in [2.45, 2.75) is 37.8 Å². The lowest BCUT2D eigenvalue weighted by Gasteiger charge is -2.44.